The zero-order chi connectivity index (χ0) is 24.7. The molecule has 1 aromatic carbocycles. The number of ether oxygens (including phenoxy) is 1. The maximum absolute atomic E-state index is 13.5. The lowest BCUT2D eigenvalue weighted by atomic mass is 9.91. The number of alkyl halides is 3. The Morgan fingerprint density at radius 2 is 1.91 bits per heavy atom. The number of aryl methyl sites for hydroxylation is 1. The predicted molar refractivity (Wildman–Crippen MR) is 125 cm³/mol. The van der Waals surface area contributed by atoms with Crippen LogP contribution in [0.1, 0.15) is 60.1 Å². The number of H-pyrrole nitrogens is 1. The molecule has 0 unspecified atom stereocenters. The molecule has 0 saturated heterocycles. The number of benzene rings is 1. The molecule has 5 rings (SSSR count). The standard InChI is InChI=1S/C25H28F3N5O2/c1-13-20(24(34)33-17-7-5-16(29)6-8-17)22-23(32-13)21(30-12-31-22)18-10-15(25(26,27)28)4-9-19(18)35-11-14-2-3-14/h4,9-10,12,14,16-17,32H,2-3,5-8,11,29H2,1H3,(H,33,34). The molecule has 0 aliphatic heterocycles. The number of halogens is 3. The third-order valence-electron chi connectivity index (χ3n) is 6.84. The summed E-state index contributed by atoms with van der Waals surface area (Å²) in [4.78, 5) is 24.9. The number of aromatic amines is 1. The summed E-state index contributed by atoms with van der Waals surface area (Å²) in [6.45, 7) is 2.18. The molecule has 0 bridgehead atoms. The molecule has 2 saturated carbocycles. The number of carbonyl (C=O) groups excluding carboxylic acids is 1. The van der Waals surface area contributed by atoms with E-state index in [2.05, 4.69) is 20.3 Å². The monoisotopic (exact) mass is 487 g/mol. The number of carbonyl (C=O) groups is 1. The number of nitrogens with zero attached hydrogens (tertiary/aromatic N) is 2. The highest BCUT2D eigenvalue weighted by molar-refractivity contribution is 6.09. The normalized spacial score (nSPS) is 20.7. The van der Waals surface area contributed by atoms with E-state index in [-0.39, 0.29) is 29.2 Å². The summed E-state index contributed by atoms with van der Waals surface area (Å²) in [6, 6.07) is 3.59. The van der Waals surface area contributed by atoms with E-state index < -0.39 is 11.7 Å². The van der Waals surface area contributed by atoms with Gasteiger partial charge in [0, 0.05) is 23.3 Å². The summed E-state index contributed by atoms with van der Waals surface area (Å²) in [7, 11) is 0. The van der Waals surface area contributed by atoms with Crippen LogP contribution in [0.15, 0.2) is 24.5 Å². The minimum Gasteiger partial charge on any atom is -0.493 e. The highest BCUT2D eigenvalue weighted by Gasteiger charge is 2.33. The summed E-state index contributed by atoms with van der Waals surface area (Å²) in [5.41, 5.74) is 7.34. The van der Waals surface area contributed by atoms with Crippen molar-refractivity contribution in [3.63, 3.8) is 0 Å². The lowest BCUT2D eigenvalue weighted by Gasteiger charge is -2.26. The van der Waals surface area contributed by atoms with Crippen molar-refractivity contribution >= 4 is 16.9 Å². The van der Waals surface area contributed by atoms with Crippen molar-refractivity contribution in [3.8, 4) is 17.0 Å². The number of hydrogen-bond acceptors (Lipinski definition) is 5. The van der Waals surface area contributed by atoms with Gasteiger partial charge in [-0.1, -0.05) is 0 Å². The van der Waals surface area contributed by atoms with Gasteiger partial charge in [-0.3, -0.25) is 4.79 Å². The first-order valence-electron chi connectivity index (χ1n) is 11.9. The van der Waals surface area contributed by atoms with Gasteiger partial charge in [0.2, 0.25) is 0 Å². The van der Waals surface area contributed by atoms with Gasteiger partial charge in [0.25, 0.3) is 5.91 Å². The number of amides is 1. The van der Waals surface area contributed by atoms with Gasteiger partial charge in [0.05, 0.1) is 23.3 Å². The molecule has 0 spiro atoms. The van der Waals surface area contributed by atoms with Gasteiger partial charge in [0.15, 0.2) is 0 Å². The van der Waals surface area contributed by atoms with Crippen LogP contribution in [0.2, 0.25) is 0 Å². The van der Waals surface area contributed by atoms with Crippen molar-refractivity contribution in [2.75, 3.05) is 6.61 Å². The summed E-state index contributed by atoms with van der Waals surface area (Å²) in [5.74, 6) is 0.475. The quantitative estimate of drug-likeness (QED) is 0.466. The molecule has 2 aliphatic rings. The van der Waals surface area contributed by atoms with Crippen molar-refractivity contribution < 1.29 is 22.7 Å². The van der Waals surface area contributed by atoms with Crippen molar-refractivity contribution in [2.24, 2.45) is 11.7 Å². The molecule has 0 radical (unpaired) electrons. The minimum absolute atomic E-state index is 0.0267. The van der Waals surface area contributed by atoms with E-state index in [1.165, 1.54) is 12.4 Å². The Bertz CT molecular complexity index is 1240. The number of aromatic nitrogens is 3. The molecular formula is C25H28F3N5O2. The van der Waals surface area contributed by atoms with Crippen molar-refractivity contribution in [3.05, 3.63) is 41.3 Å². The summed E-state index contributed by atoms with van der Waals surface area (Å²) in [5, 5.41) is 3.07. The second-order valence-electron chi connectivity index (χ2n) is 9.62. The fraction of sp³-hybridized carbons (Fsp3) is 0.480. The molecule has 4 N–H and O–H groups in total. The Morgan fingerprint density at radius 1 is 1.17 bits per heavy atom. The first-order valence-corrected chi connectivity index (χ1v) is 11.9. The molecule has 2 heterocycles. The third kappa shape index (κ3) is 4.98. The van der Waals surface area contributed by atoms with Crippen LogP contribution < -0.4 is 15.8 Å². The predicted octanol–water partition coefficient (Wildman–Crippen LogP) is 4.74. The topological polar surface area (TPSA) is 106 Å². The Labute approximate surface area is 200 Å². The lowest BCUT2D eigenvalue weighted by Crippen LogP contribution is -2.40. The Kier molecular flexibility index (Phi) is 6.16. The Hall–Kier alpha value is -3.14. The molecule has 7 nitrogen and oxygen atoms in total. The fourth-order valence-electron chi connectivity index (χ4n) is 4.63. The van der Waals surface area contributed by atoms with Crippen molar-refractivity contribution in [1.29, 1.82) is 0 Å². The van der Waals surface area contributed by atoms with Gasteiger partial charge in [-0.25, -0.2) is 9.97 Å². The summed E-state index contributed by atoms with van der Waals surface area (Å²) < 4.78 is 46.5. The van der Waals surface area contributed by atoms with E-state index >= 15 is 0 Å². The van der Waals surface area contributed by atoms with Crippen molar-refractivity contribution in [2.45, 2.75) is 63.7 Å². The van der Waals surface area contributed by atoms with E-state index in [0.717, 1.165) is 50.7 Å². The van der Waals surface area contributed by atoms with Crippen LogP contribution in [0.5, 0.6) is 5.75 Å². The van der Waals surface area contributed by atoms with Crippen LogP contribution in [-0.4, -0.2) is 39.5 Å². The van der Waals surface area contributed by atoms with Crippen LogP contribution in [-0.2, 0) is 6.18 Å². The van der Waals surface area contributed by atoms with Gasteiger partial charge >= 0.3 is 6.18 Å². The Morgan fingerprint density at radius 3 is 2.60 bits per heavy atom. The average Bonchev–Trinajstić information content (AvgIpc) is 3.58. The van der Waals surface area contributed by atoms with Crippen LogP contribution >= 0.6 is 0 Å². The van der Waals surface area contributed by atoms with Gasteiger partial charge in [-0.2, -0.15) is 13.2 Å². The van der Waals surface area contributed by atoms with E-state index in [4.69, 9.17) is 10.5 Å². The number of hydrogen-bond donors (Lipinski definition) is 3. The van der Waals surface area contributed by atoms with Crippen LogP contribution in [0, 0.1) is 12.8 Å². The highest BCUT2D eigenvalue weighted by atomic mass is 19.4. The average molecular weight is 488 g/mol. The summed E-state index contributed by atoms with van der Waals surface area (Å²) in [6.07, 6.45) is 2.17. The van der Waals surface area contributed by atoms with Gasteiger partial charge < -0.3 is 20.8 Å². The number of nitrogens with two attached hydrogens (primary N) is 1. The summed E-state index contributed by atoms with van der Waals surface area (Å²) >= 11 is 0. The van der Waals surface area contributed by atoms with Gasteiger partial charge in [-0.15, -0.1) is 0 Å². The largest absolute Gasteiger partial charge is 0.493 e. The zero-order valence-electron chi connectivity index (χ0n) is 19.4. The molecule has 2 fully saturated rings. The molecule has 3 aromatic rings. The molecule has 0 atom stereocenters. The molecular weight excluding hydrogens is 459 g/mol. The Balaban J connectivity index is 1.53. The third-order valence-corrected chi connectivity index (χ3v) is 6.84. The van der Waals surface area contributed by atoms with Crippen LogP contribution in [0.4, 0.5) is 13.2 Å². The molecule has 10 heteroatoms. The van der Waals surface area contributed by atoms with Gasteiger partial charge in [0.1, 0.15) is 23.3 Å². The first-order chi connectivity index (χ1) is 16.7. The highest BCUT2D eigenvalue weighted by Crippen LogP contribution is 2.40. The molecule has 35 heavy (non-hydrogen) atoms. The number of nitrogens with one attached hydrogen (secondary N) is 2. The van der Waals surface area contributed by atoms with E-state index in [1.807, 2.05) is 0 Å². The zero-order valence-corrected chi connectivity index (χ0v) is 19.4. The fourth-order valence-corrected chi connectivity index (χ4v) is 4.63. The second kappa shape index (κ2) is 9.14. The SMILES string of the molecule is Cc1[nH]c2c(-c3cc(C(F)(F)F)ccc3OCC3CC3)ncnc2c1C(=O)NC1CCC(N)CC1. The van der Waals surface area contributed by atoms with E-state index in [9.17, 15) is 18.0 Å². The van der Waals surface area contributed by atoms with E-state index in [1.54, 1.807) is 6.92 Å². The number of rotatable bonds is 6. The van der Waals surface area contributed by atoms with E-state index in [0.29, 0.717) is 40.6 Å². The lowest BCUT2D eigenvalue weighted by molar-refractivity contribution is -0.137. The maximum Gasteiger partial charge on any atom is 0.416 e. The smallest absolute Gasteiger partial charge is 0.416 e. The van der Waals surface area contributed by atoms with Gasteiger partial charge in [-0.05, 0) is 69.6 Å². The molecule has 1 amide bonds. The maximum atomic E-state index is 13.5. The van der Waals surface area contributed by atoms with Crippen LogP contribution in [0.3, 0.4) is 0 Å². The minimum atomic E-state index is -4.52. The second-order valence-corrected chi connectivity index (χ2v) is 9.62. The van der Waals surface area contributed by atoms with Crippen molar-refractivity contribution in [1.82, 2.24) is 20.3 Å². The van der Waals surface area contributed by atoms with Crippen LogP contribution in [0.25, 0.3) is 22.3 Å². The molecule has 186 valence electrons. The molecule has 2 aromatic heterocycles. The number of fused-ring (bicyclic) bond motifs is 1. The first kappa shape index (κ1) is 23.6. The molecule has 2 aliphatic carbocycles.